The Bertz CT molecular complexity index is 1200. The Morgan fingerprint density at radius 1 is 1.12 bits per heavy atom. The molecular formula is C25H25FN4O3. The average molecular weight is 448 g/mol. The molecule has 0 spiro atoms. The Balaban J connectivity index is 1.30. The summed E-state index contributed by atoms with van der Waals surface area (Å²) in [6, 6.07) is 17.4. The molecule has 0 radical (unpaired) electrons. The van der Waals surface area contributed by atoms with E-state index in [2.05, 4.69) is 41.4 Å². The van der Waals surface area contributed by atoms with Gasteiger partial charge in [0.1, 0.15) is 30.3 Å². The summed E-state index contributed by atoms with van der Waals surface area (Å²) in [6.45, 7) is 4.97. The number of hydrogen-bond donors (Lipinski definition) is 1. The molecule has 2 aromatic carbocycles. The number of hydrogen-bond acceptors (Lipinski definition) is 5. The van der Waals surface area contributed by atoms with Gasteiger partial charge in [-0.1, -0.05) is 38.1 Å². The summed E-state index contributed by atoms with van der Waals surface area (Å²) in [4.78, 5) is 16.5. The maximum atomic E-state index is 13.0. The molecule has 7 nitrogen and oxygen atoms in total. The molecule has 1 N–H and O–H groups in total. The zero-order chi connectivity index (χ0) is 23.2. The van der Waals surface area contributed by atoms with Crippen molar-refractivity contribution in [2.24, 2.45) is 0 Å². The lowest BCUT2D eigenvalue weighted by Crippen LogP contribution is -2.12. The predicted octanol–water partition coefficient (Wildman–Crippen LogP) is 5.40. The summed E-state index contributed by atoms with van der Waals surface area (Å²) in [5, 5.41) is 6.82. The normalized spacial score (nSPS) is 11.8. The van der Waals surface area contributed by atoms with E-state index in [-0.39, 0.29) is 24.1 Å². The molecule has 4 rings (SSSR count). The van der Waals surface area contributed by atoms with Gasteiger partial charge in [0.2, 0.25) is 5.95 Å². The molecule has 2 aromatic heterocycles. The van der Waals surface area contributed by atoms with Gasteiger partial charge in [-0.25, -0.2) is 14.1 Å². The van der Waals surface area contributed by atoms with Gasteiger partial charge in [-0.15, -0.1) is 5.10 Å². The Morgan fingerprint density at radius 3 is 2.61 bits per heavy atom. The molecule has 1 atom stereocenters. The first-order valence-electron chi connectivity index (χ1n) is 10.8. The Morgan fingerprint density at radius 2 is 1.88 bits per heavy atom. The van der Waals surface area contributed by atoms with Crippen LogP contribution in [0.15, 0.2) is 71.4 Å². The molecule has 2 heterocycles. The van der Waals surface area contributed by atoms with Gasteiger partial charge in [0.15, 0.2) is 5.76 Å². The molecule has 0 saturated heterocycles. The molecule has 0 aliphatic heterocycles. The van der Waals surface area contributed by atoms with Gasteiger partial charge >= 0.3 is 0 Å². The molecule has 0 saturated carbocycles. The van der Waals surface area contributed by atoms with Crippen LogP contribution in [0.3, 0.4) is 0 Å². The minimum absolute atomic E-state index is 0.135. The van der Waals surface area contributed by atoms with Crippen LogP contribution >= 0.6 is 0 Å². The Kier molecular flexibility index (Phi) is 6.83. The van der Waals surface area contributed by atoms with Crippen LogP contribution in [0.25, 0.3) is 0 Å². The Labute approximate surface area is 191 Å². The maximum Gasteiger partial charge on any atom is 0.293 e. The van der Waals surface area contributed by atoms with Crippen molar-refractivity contribution >= 4 is 11.9 Å². The summed E-state index contributed by atoms with van der Waals surface area (Å²) in [5.74, 6) is 1.30. The molecule has 0 aliphatic rings. The highest BCUT2D eigenvalue weighted by molar-refractivity contribution is 6.01. The van der Waals surface area contributed by atoms with Gasteiger partial charge in [0.25, 0.3) is 5.91 Å². The summed E-state index contributed by atoms with van der Waals surface area (Å²) in [5.41, 5.74) is 2.14. The third kappa shape index (κ3) is 5.85. The summed E-state index contributed by atoms with van der Waals surface area (Å²) >= 11 is 0. The smallest absolute Gasteiger partial charge is 0.293 e. The van der Waals surface area contributed by atoms with Crippen molar-refractivity contribution in [3.8, 4) is 5.75 Å². The lowest BCUT2D eigenvalue weighted by atomic mass is 9.99. The number of amides is 1. The number of rotatable bonds is 9. The number of halogens is 1. The van der Waals surface area contributed by atoms with Gasteiger partial charge in [0, 0.05) is 0 Å². The summed E-state index contributed by atoms with van der Waals surface area (Å²) in [6.07, 6.45) is 2.58. The van der Waals surface area contributed by atoms with E-state index >= 15 is 0 Å². The van der Waals surface area contributed by atoms with E-state index in [4.69, 9.17) is 9.15 Å². The monoisotopic (exact) mass is 448 g/mol. The van der Waals surface area contributed by atoms with E-state index in [1.54, 1.807) is 28.9 Å². The molecule has 0 fully saturated rings. The quantitative estimate of drug-likeness (QED) is 0.371. The van der Waals surface area contributed by atoms with Crippen LogP contribution in [0.4, 0.5) is 10.3 Å². The fraction of sp³-hybridized carbons (Fsp3) is 0.240. The van der Waals surface area contributed by atoms with Crippen LogP contribution < -0.4 is 10.1 Å². The SMILES string of the molecule is CCC(C)c1ccc(OCc2ccc(C(=O)Nc3ncn(Cc4ccc(F)cc4)n3)o2)cc1. The minimum Gasteiger partial charge on any atom is -0.486 e. The number of carbonyl (C=O) groups is 1. The van der Waals surface area contributed by atoms with Gasteiger partial charge in [0.05, 0.1) is 6.54 Å². The fourth-order valence-corrected chi connectivity index (χ4v) is 3.23. The zero-order valence-electron chi connectivity index (χ0n) is 18.5. The molecule has 0 bridgehead atoms. The van der Waals surface area contributed by atoms with Crippen LogP contribution in [0.5, 0.6) is 5.75 Å². The van der Waals surface area contributed by atoms with Gasteiger partial charge in [-0.2, -0.15) is 0 Å². The number of nitrogens with zero attached hydrogens (tertiary/aromatic N) is 3. The van der Waals surface area contributed by atoms with Gasteiger partial charge in [-0.3, -0.25) is 10.1 Å². The van der Waals surface area contributed by atoms with Crippen molar-refractivity contribution in [3.05, 3.63) is 95.5 Å². The zero-order valence-corrected chi connectivity index (χ0v) is 18.5. The van der Waals surface area contributed by atoms with E-state index in [0.29, 0.717) is 18.2 Å². The number of aromatic nitrogens is 3. The molecule has 0 aliphatic carbocycles. The molecule has 1 amide bonds. The molecule has 33 heavy (non-hydrogen) atoms. The second-order valence-corrected chi connectivity index (χ2v) is 7.78. The molecule has 170 valence electrons. The van der Waals surface area contributed by atoms with Crippen molar-refractivity contribution in [2.45, 2.75) is 39.3 Å². The maximum absolute atomic E-state index is 13.0. The lowest BCUT2D eigenvalue weighted by molar-refractivity contribution is 0.0991. The summed E-state index contributed by atoms with van der Waals surface area (Å²) in [7, 11) is 0. The van der Waals surface area contributed by atoms with Crippen molar-refractivity contribution in [1.82, 2.24) is 14.8 Å². The van der Waals surface area contributed by atoms with Crippen LogP contribution in [0, 0.1) is 5.82 Å². The number of furan rings is 1. The highest BCUT2D eigenvalue weighted by Gasteiger charge is 2.14. The molecule has 4 aromatic rings. The van der Waals surface area contributed by atoms with Crippen LogP contribution in [0.2, 0.25) is 0 Å². The van der Waals surface area contributed by atoms with E-state index in [1.807, 2.05) is 12.1 Å². The highest BCUT2D eigenvalue weighted by atomic mass is 19.1. The first kappa shape index (κ1) is 22.3. The van der Waals surface area contributed by atoms with Gasteiger partial charge in [-0.05, 0) is 59.9 Å². The van der Waals surface area contributed by atoms with Crippen LogP contribution in [-0.4, -0.2) is 20.7 Å². The largest absolute Gasteiger partial charge is 0.486 e. The molecule has 8 heteroatoms. The Hall–Kier alpha value is -3.94. The van der Waals surface area contributed by atoms with Crippen LogP contribution in [0.1, 0.15) is 53.6 Å². The van der Waals surface area contributed by atoms with Crippen molar-refractivity contribution in [3.63, 3.8) is 0 Å². The van der Waals surface area contributed by atoms with Crippen molar-refractivity contribution < 1.29 is 18.3 Å². The van der Waals surface area contributed by atoms with Crippen LogP contribution in [-0.2, 0) is 13.2 Å². The first-order valence-corrected chi connectivity index (χ1v) is 10.8. The van der Waals surface area contributed by atoms with E-state index in [1.165, 1.54) is 24.0 Å². The van der Waals surface area contributed by atoms with Gasteiger partial charge < -0.3 is 9.15 Å². The molecule has 1 unspecified atom stereocenters. The second-order valence-electron chi connectivity index (χ2n) is 7.78. The summed E-state index contributed by atoms with van der Waals surface area (Å²) < 4.78 is 25.9. The third-order valence-electron chi connectivity index (χ3n) is 5.35. The third-order valence-corrected chi connectivity index (χ3v) is 5.35. The number of benzene rings is 2. The number of anilines is 1. The fourth-order valence-electron chi connectivity index (χ4n) is 3.23. The molecular weight excluding hydrogens is 423 g/mol. The topological polar surface area (TPSA) is 82.2 Å². The predicted molar refractivity (Wildman–Crippen MR) is 122 cm³/mol. The van der Waals surface area contributed by atoms with Crippen molar-refractivity contribution in [1.29, 1.82) is 0 Å². The standard InChI is InChI=1S/C25H25FN4O3/c1-3-17(2)19-6-10-21(11-7-19)32-15-22-12-13-23(33-22)24(31)28-25-27-16-30(29-25)14-18-4-8-20(26)9-5-18/h4-13,16-17H,3,14-15H2,1-2H3,(H,28,29,31). The van der Waals surface area contributed by atoms with Crippen molar-refractivity contribution in [2.75, 3.05) is 5.32 Å². The number of ether oxygens (including phenoxy) is 1. The first-order chi connectivity index (χ1) is 16.0. The highest BCUT2D eigenvalue weighted by Crippen LogP contribution is 2.22. The van der Waals surface area contributed by atoms with E-state index < -0.39 is 5.91 Å². The average Bonchev–Trinajstić information content (AvgIpc) is 3.48. The number of nitrogens with one attached hydrogen (secondary N) is 1. The lowest BCUT2D eigenvalue weighted by Gasteiger charge is -2.10. The minimum atomic E-state index is -0.460. The van der Waals surface area contributed by atoms with E-state index in [0.717, 1.165) is 17.7 Å². The van der Waals surface area contributed by atoms with E-state index in [9.17, 15) is 9.18 Å². The second kappa shape index (κ2) is 10.1. The number of carbonyl (C=O) groups excluding carboxylic acids is 1.